The third-order valence-electron chi connectivity index (χ3n) is 3.98. The Bertz CT molecular complexity index is 608. The minimum atomic E-state index is 0.915. The molecule has 0 radical (unpaired) electrons. The van der Waals surface area contributed by atoms with Gasteiger partial charge in [0.15, 0.2) is 0 Å². The van der Waals surface area contributed by atoms with Crippen molar-refractivity contribution in [2.24, 2.45) is 10.4 Å². The second-order valence-corrected chi connectivity index (χ2v) is 5.18. The zero-order valence-electron chi connectivity index (χ0n) is 11.2. The molecular formula is C16H16N4. The maximum absolute atomic E-state index is 4.43. The van der Waals surface area contributed by atoms with Crippen LogP contribution >= 0.6 is 0 Å². The summed E-state index contributed by atoms with van der Waals surface area (Å²) in [6.45, 7) is 1.83. The van der Waals surface area contributed by atoms with E-state index in [0.717, 1.165) is 25.9 Å². The highest BCUT2D eigenvalue weighted by Gasteiger charge is 2.20. The van der Waals surface area contributed by atoms with Crippen molar-refractivity contribution in [1.82, 2.24) is 0 Å². The number of nitrogens with zero attached hydrogens (tertiary/aromatic N) is 4. The van der Waals surface area contributed by atoms with E-state index in [-0.39, 0.29) is 0 Å². The van der Waals surface area contributed by atoms with Gasteiger partial charge in [-0.1, -0.05) is 36.4 Å². The molecule has 2 aromatic carbocycles. The molecule has 0 aromatic heterocycles. The molecule has 0 saturated heterocycles. The number of para-hydroxylation sites is 2. The number of fused-ring (bicyclic) bond motifs is 2. The van der Waals surface area contributed by atoms with Gasteiger partial charge in [-0.05, 0) is 46.5 Å². The van der Waals surface area contributed by atoms with Crippen LogP contribution in [-0.4, -0.2) is 13.1 Å². The van der Waals surface area contributed by atoms with Crippen molar-refractivity contribution >= 4 is 11.4 Å². The predicted octanol–water partition coefficient (Wildman–Crippen LogP) is 3.39. The van der Waals surface area contributed by atoms with Gasteiger partial charge in [0.2, 0.25) is 0 Å². The van der Waals surface area contributed by atoms with Crippen molar-refractivity contribution in [2.75, 3.05) is 23.1 Å². The summed E-state index contributed by atoms with van der Waals surface area (Å²) in [6, 6.07) is 16.8. The Morgan fingerprint density at radius 3 is 1.60 bits per heavy atom. The van der Waals surface area contributed by atoms with Crippen molar-refractivity contribution in [2.45, 2.75) is 12.8 Å². The zero-order chi connectivity index (χ0) is 13.4. The van der Waals surface area contributed by atoms with E-state index < -0.39 is 0 Å². The Labute approximate surface area is 118 Å². The average Bonchev–Trinajstić information content (AvgIpc) is 3.09. The smallest absolute Gasteiger partial charge is 0.0644 e. The number of hydrogen-bond donors (Lipinski definition) is 0. The van der Waals surface area contributed by atoms with Gasteiger partial charge in [0.05, 0.1) is 11.4 Å². The molecule has 0 aliphatic carbocycles. The molecule has 100 valence electrons. The molecule has 4 rings (SSSR count). The Morgan fingerprint density at radius 2 is 1.10 bits per heavy atom. The van der Waals surface area contributed by atoms with Crippen molar-refractivity contribution in [1.29, 1.82) is 0 Å². The van der Waals surface area contributed by atoms with Crippen molar-refractivity contribution in [3.8, 4) is 0 Å². The normalized spacial score (nSPS) is 16.8. The largest absolute Gasteiger partial charge is 0.245 e. The van der Waals surface area contributed by atoms with E-state index in [1.165, 1.54) is 22.5 Å². The van der Waals surface area contributed by atoms with E-state index in [1.807, 2.05) is 10.0 Å². The highest BCUT2D eigenvalue weighted by atomic mass is 15.7. The summed E-state index contributed by atoms with van der Waals surface area (Å²) in [7, 11) is 0. The Balaban J connectivity index is 1.56. The third kappa shape index (κ3) is 1.84. The van der Waals surface area contributed by atoms with E-state index in [4.69, 9.17) is 0 Å². The molecule has 4 heteroatoms. The van der Waals surface area contributed by atoms with Gasteiger partial charge in [-0.15, -0.1) is 0 Å². The Hall–Kier alpha value is -2.36. The molecule has 2 aliphatic rings. The fourth-order valence-electron chi connectivity index (χ4n) is 2.92. The van der Waals surface area contributed by atoms with E-state index in [0.29, 0.717) is 0 Å². The number of rotatable bonds is 2. The van der Waals surface area contributed by atoms with Crippen LogP contribution in [0.15, 0.2) is 59.0 Å². The van der Waals surface area contributed by atoms with E-state index in [9.17, 15) is 0 Å². The predicted molar refractivity (Wildman–Crippen MR) is 79.8 cm³/mol. The van der Waals surface area contributed by atoms with Gasteiger partial charge in [-0.2, -0.15) is 0 Å². The Kier molecular flexibility index (Phi) is 2.66. The van der Waals surface area contributed by atoms with Crippen molar-refractivity contribution in [3.63, 3.8) is 0 Å². The van der Waals surface area contributed by atoms with E-state index in [1.54, 1.807) is 0 Å². The van der Waals surface area contributed by atoms with Crippen molar-refractivity contribution < 1.29 is 0 Å². The molecule has 2 aliphatic heterocycles. The molecule has 0 spiro atoms. The van der Waals surface area contributed by atoms with Crippen LogP contribution < -0.4 is 10.0 Å². The van der Waals surface area contributed by atoms with Crippen LogP contribution in [-0.2, 0) is 12.8 Å². The highest BCUT2D eigenvalue weighted by molar-refractivity contribution is 5.58. The minimum absolute atomic E-state index is 0.915. The quantitative estimate of drug-likeness (QED) is 0.778. The summed E-state index contributed by atoms with van der Waals surface area (Å²) in [6.07, 6.45) is 2.09. The molecule has 2 aromatic rings. The number of benzene rings is 2. The zero-order valence-corrected chi connectivity index (χ0v) is 11.2. The first kappa shape index (κ1) is 11.5. The molecule has 0 unspecified atom stereocenters. The summed E-state index contributed by atoms with van der Waals surface area (Å²) in [5.41, 5.74) is 5.08. The first-order valence-electron chi connectivity index (χ1n) is 7.04. The lowest BCUT2D eigenvalue weighted by molar-refractivity contribution is 0.750. The molecule has 20 heavy (non-hydrogen) atoms. The van der Waals surface area contributed by atoms with Gasteiger partial charge >= 0.3 is 0 Å². The summed E-state index contributed by atoms with van der Waals surface area (Å²) < 4.78 is 0. The second kappa shape index (κ2) is 4.63. The van der Waals surface area contributed by atoms with Gasteiger partial charge in [0.1, 0.15) is 0 Å². The summed E-state index contributed by atoms with van der Waals surface area (Å²) in [5.74, 6) is 0. The molecule has 4 nitrogen and oxygen atoms in total. The lowest BCUT2D eigenvalue weighted by Crippen LogP contribution is -2.16. The average molecular weight is 264 g/mol. The summed E-state index contributed by atoms with van der Waals surface area (Å²) in [5, 5.41) is 12.9. The molecule has 0 amide bonds. The molecular weight excluding hydrogens is 248 g/mol. The number of hydrogen-bond acceptors (Lipinski definition) is 2. The molecule has 0 saturated carbocycles. The maximum Gasteiger partial charge on any atom is 0.0644 e. The fourth-order valence-corrected chi connectivity index (χ4v) is 2.92. The van der Waals surface area contributed by atoms with Gasteiger partial charge in [0, 0.05) is 13.1 Å². The highest BCUT2D eigenvalue weighted by Crippen LogP contribution is 2.30. The van der Waals surface area contributed by atoms with Crippen LogP contribution in [0, 0.1) is 0 Å². The van der Waals surface area contributed by atoms with Crippen LogP contribution in [0.25, 0.3) is 0 Å². The first-order valence-corrected chi connectivity index (χ1v) is 7.04. The fraction of sp³-hybridized carbons (Fsp3) is 0.250. The summed E-state index contributed by atoms with van der Waals surface area (Å²) in [4.78, 5) is 0. The summed E-state index contributed by atoms with van der Waals surface area (Å²) >= 11 is 0. The van der Waals surface area contributed by atoms with Gasteiger partial charge in [-0.25, -0.2) is 10.0 Å². The van der Waals surface area contributed by atoms with E-state index in [2.05, 4.69) is 59.0 Å². The standard InChI is InChI=1S/C16H16N4/c1-3-7-15-13(5-1)9-11-19(15)17-18-20-12-10-14-6-2-4-8-16(14)20/h1-8H,9-12H2. The lowest BCUT2D eigenvalue weighted by Gasteiger charge is -2.14. The van der Waals surface area contributed by atoms with Crippen LogP contribution in [0.3, 0.4) is 0 Å². The SMILES string of the molecule is c1ccc2c(c1)CCN2N=NN1CCc2ccccc21. The molecule has 0 atom stereocenters. The molecule has 0 N–H and O–H groups in total. The molecule has 0 fully saturated rings. The number of anilines is 2. The molecule has 0 bridgehead atoms. The maximum atomic E-state index is 4.43. The topological polar surface area (TPSA) is 31.2 Å². The first-order chi connectivity index (χ1) is 9.92. The monoisotopic (exact) mass is 264 g/mol. The molecule has 2 heterocycles. The van der Waals surface area contributed by atoms with Gasteiger partial charge in [0.25, 0.3) is 0 Å². The van der Waals surface area contributed by atoms with E-state index >= 15 is 0 Å². The third-order valence-corrected chi connectivity index (χ3v) is 3.98. The van der Waals surface area contributed by atoms with Crippen molar-refractivity contribution in [3.05, 3.63) is 59.7 Å². The van der Waals surface area contributed by atoms with Crippen LogP contribution in [0.1, 0.15) is 11.1 Å². The van der Waals surface area contributed by atoms with Gasteiger partial charge < -0.3 is 0 Å². The van der Waals surface area contributed by atoms with Crippen LogP contribution in [0.2, 0.25) is 0 Å². The lowest BCUT2D eigenvalue weighted by atomic mass is 10.2. The minimum Gasteiger partial charge on any atom is -0.245 e. The van der Waals surface area contributed by atoms with Crippen LogP contribution in [0.5, 0.6) is 0 Å². The van der Waals surface area contributed by atoms with Crippen LogP contribution in [0.4, 0.5) is 11.4 Å². The second-order valence-electron chi connectivity index (χ2n) is 5.18. The van der Waals surface area contributed by atoms with Gasteiger partial charge in [-0.3, -0.25) is 0 Å². The Morgan fingerprint density at radius 1 is 0.650 bits per heavy atom.